The molecule has 5 rings (SSSR count). The molecule has 0 spiro atoms. The summed E-state index contributed by atoms with van der Waals surface area (Å²) in [5.41, 5.74) is 12.7. The second-order valence-corrected chi connectivity index (χ2v) is 9.27. The number of amides is 1. The third-order valence-electron chi connectivity index (χ3n) is 6.09. The van der Waals surface area contributed by atoms with Crippen LogP contribution in [-0.4, -0.2) is 28.4 Å². The summed E-state index contributed by atoms with van der Waals surface area (Å²) >= 11 is 1.72. The van der Waals surface area contributed by atoms with Crippen molar-refractivity contribution in [2.45, 2.75) is 45.3 Å². The molecule has 0 saturated carbocycles. The van der Waals surface area contributed by atoms with E-state index in [1.807, 2.05) is 4.90 Å². The second kappa shape index (κ2) is 7.95. The molecule has 3 heterocycles. The first-order valence-corrected chi connectivity index (χ1v) is 11.3. The van der Waals surface area contributed by atoms with Crippen molar-refractivity contribution in [3.63, 3.8) is 0 Å². The predicted octanol–water partition coefficient (Wildman–Crippen LogP) is 3.92. The van der Waals surface area contributed by atoms with Crippen LogP contribution >= 0.6 is 11.3 Å². The second-order valence-electron chi connectivity index (χ2n) is 8.24. The molecule has 1 aromatic heterocycles. The van der Waals surface area contributed by atoms with Crippen molar-refractivity contribution in [3.8, 4) is 10.6 Å². The molecule has 1 saturated heterocycles. The van der Waals surface area contributed by atoms with E-state index in [1.54, 1.807) is 11.3 Å². The number of benzene rings is 2. The van der Waals surface area contributed by atoms with Crippen LogP contribution in [0.2, 0.25) is 0 Å². The molecule has 2 aliphatic rings. The van der Waals surface area contributed by atoms with Crippen LogP contribution in [-0.2, 0) is 17.8 Å². The summed E-state index contributed by atoms with van der Waals surface area (Å²) in [6, 6.07) is 16.8. The lowest BCUT2D eigenvalue weighted by Gasteiger charge is -2.30. The monoisotopic (exact) mass is 418 g/mol. The van der Waals surface area contributed by atoms with Gasteiger partial charge in [0.2, 0.25) is 5.91 Å². The van der Waals surface area contributed by atoms with E-state index < -0.39 is 0 Å². The number of fused-ring (bicyclic) bond motifs is 1. The van der Waals surface area contributed by atoms with Crippen molar-refractivity contribution < 1.29 is 4.79 Å². The number of hydrogen-bond donors (Lipinski definition) is 2. The van der Waals surface area contributed by atoms with Crippen molar-refractivity contribution in [1.82, 2.24) is 20.7 Å². The summed E-state index contributed by atoms with van der Waals surface area (Å²) in [5, 5.41) is 1.03. The number of carbonyl (C=O) groups is 1. The zero-order valence-electron chi connectivity index (χ0n) is 17.3. The van der Waals surface area contributed by atoms with Crippen molar-refractivity contribution in [2.24, 2.45) is 0 Å². The zero-order valence-corrected chi connectivity index (χ0v) is 18.1. The van der Waals surface area contributed by atoms with Gasteiger partial charge in [-0.05, 0) is 37.8 Å². The minimum Gasteiger partial charge on any atom is -0.337 e. The summed E-state index contributed by atoms with van der Waals surface area (Å²) in [6.45, 7) is 5.64. The lowest BCUT2D eigenvalue weighted by Crippen LogP contribution is -2.47. The summed E-state index contributed by atoms with van der Waals surface area (Å²) in [7, 11) is 0. The summed E-state index contributed by atoms with van der Waals surface area (Å²) < 4.78 is 0. The van der Waals surface area contributed by atoms with E-state index in [1.165, 1.54) is 21.6 Å². The molecule has 6 heteroatoms. The van der Waals surface area contributed by atoms with Crippen molar-refractivity contribution in [1.29, 1.82) is 0 Å². The van der Waals surface area contributed by atoms with Gasteiger partial charge < -0.3 is 4.90 Å². The highest BCUT2D eigenvalue weighted by Gasteiger charge is 2.35. The van der Waals surface area contributed by atoms with E-state index >= 15 is 0 Å². The number of nitrogens with one attached hydrogen (secondary N) is 2. The van der Waals surface area contributed by atoms with Crippen LogP contribution < -0.4 is 10.9 Å². The highest BCUT2D eigenvalue weighted by molar-refractivity contribution is 7.15. The first-order valence-electron chi connectivity index (χ1n) is 10.5. The Morgan fingerprint density at radius 1 is 1.07 bits per heavy atom. The lowest BCUT2D eigenvalue weighted by molar-refractivity contribution is -0.134. The fourth-order valence-corrected chi connectivity index (χ4v) is 5.48. The minimum atomic E-state index is -0.204. The molecule has 3 aromatic rings. The van der Waals surface area contributed by atoms with Crippen molar-refractivity contribution >= 4 is 17.2 Å². The molecule has 2 atom stereocenters. The number of carbonyl (C=O) groups excluding carboxylic acids is 1. The molecular weight excluding hydrogens is 392 g/mol. The highest BCUT2D eigenvalue weighted by Crippen LogP contribution is 2.35. The maximum absolute atomic E-state index is 13.1. The molecule has 5 nitrogen and oxygen atoms in total. The van der Waals surface area contributed by atoms with Crippen LogP contribution in [0.1, 0.15) is 39.7 Å². The molecular formula is C24H26N4OS. The summed E-state index contributed by atoms with van der Waals surface area (Å²) in [5.74, 6) is 0.181. The van der Waals surface area contributed by atoms with Gasteiger partial charge in [0.25, 0.3) is 0 Å². The van der Waals surface area contributed by atoms with Gasteiger partial charge in [-0.15, -0.1) is 11.3 Å². The van der Waals surface area contributed by atoms with Gasteiger partial charge in [0.05, 0.1) is 11.7 Å². The van der Waals surface area contributed by atoms with Crippen molar-refractivity contribution in [2.75, 3.05) is 6.54 Å². The van der Waals surface area contributed by atoms with Gasteiger partial charge in [0.1, 0.15) is 11.0 Å². The summed E-state index contributed by atoms with van der Waals surface area (Å²) in [6.07, 6.45) is 1.67. The number of thiazole rings is 1. The molecule has 30 heavy (non-hydrogen) atoms. The molecule has 1 amide bonds. The topological polar surface area (TPSA) is 57.3 Å². The van der Waals surface area contributed by atoms with E-state index in [4.69, 9.17) is 4.98 Å². The zero-order chi connectivity index (χ0) is 20.7. The normalized spacial score (nSPS) is 20.9. The van der Waals surface area contributed by atoms with Crippen LogP contribution in [0.4, 0.5) is 0 Å². The number of hydrogen-bond acceptors (Lipinski definition) is 5. The smallest absolute Gasteiger partial charge is 0.241 e. The first kappa shape index (κ1) is 19.4. The SMILES string of the molecule is Cc1ccc(-c2nc(C)c(C3CC(C(=O)N4CCc5ccccc5C4)NN3)s2)cc1. The lowest BCUT2D eigenvalue weighted by atomic mass is 9.98. The molecule has 154 valence electrons. The number of aryl methyl sites for hydroxylation is 2. The minimum absolute atomic E-state index is 0.104. The van der Waals surface area contributed by atoms with E-state index in [0.29, 0.717) is 6.54 Å². The predicted molar refractivity (Wildman–Crippen MR) is 120 cm³/mol. The van der Waals surface area contributed by atoms with Gasteiger partial charge in [-0.25, -0.2) is 15.8 Å². The van der Waals surface area contributed by atoms with Gasteiger partial charge >= 0.3 is 0 Å². The van der Waals surface area contributed by atoms with Crippen LogP contribution in [0.5, 0.6) is 0 Å². The number of hydrazine groups is 1. The summed E-state index contributed by atoms with van der Waals surface area (Å²) in [4.78, 5) is 21.1. The standard InChI is InChI=1S/C24H26N4OS/c1-15-7-9-18(10-8-15)23-25-16(2)22(30-23)20-13-21(27-26-20)24(29)28-12-11-17-5-3-4-6-19(17)14-28/h3-10,20-21,26-27H,11-14H2,1-2H3. The maximum Gasteiger partial charge on any atom is 0.241 e. The van der Waals surface area contributed by atoms with Crippen LogP contribution in [0, 0.1) is 13.8 Å². The van der Waals surface area contributed by atoms with E-state index in [-0.39, 0.29) is 18.0 Å². The Bertz CT molecular complexity index is 1080. The van der Waals surface area contributed by atoms with E-state index in [2.05, 4.69) is 73.2 Å². The molecule has 2 unspecified atom stereocenters. The van der Waals surface area contributed by atoms with E-state index in [9.17, 15) is 4.79 Å². The van der Waals surface area contributed by atoms with Gasteiger partial charge in [0.15, 0.2) is 0 Å². The molecule has 1 fully saturated rings. The van der Waals surface area contributed by atoms with Crippen LogP contribution in [0.3, 0.4) is 0 Å². The molecule has 0 radical (unpaired) electrons. The largest absolute Gasteiger partial charge is 0.337 e. The maximum atomic E-state index is 13.1. The van der Waals surface area contributed by atoms with Gasteiger partial charge in [0, 0.05) is 23.5 Å². The Balaban J connectivity index is 1.28. The Hall–Kier alpha value is -2.54. The fraction of sp³-hybridized carbons (Fsp3) is 0.333. The fourth-order valence-electron chi connectivity index (χ4n) is 4.35. The van der Waals surface area contributed by atoms with Gasteiger partial charge in [-0.2, -0.15) is 0 Å². The quantitative estimate of drug-likeness (QED) is 0.677. The van der Waals surface area contributed by atoms with Gasteiger partial charge in [-0.1, -0.05) is 54.1 Å². The Labute approximate surface area is 181 Å². The van der Waals surface area contributed by atoms with Crippen LogP contribution in [0.25, 0.3) is 10.6 Å². The molecule has 2 aromatic carbocycles. The molecule has 2 N–H and O–H groups in total. The third-order valence-corrected chi connectivity index (χ3v) is 7.41. The average molecular weight is 419 g/mol. The number of rotatable bonds is 3. The highest BCUT2D eigenvalue weighted by atomic mass is 32.1. The molecule has 0 aliphatic carbocycles. The Kier molecular flexibility index (Phi) is 5.15. The Morgan fingerprint density at radius 2 is 1.83 bits per heavy atom. The van der Waals surface area contributed by atoms with Gasteiger partial charge in [-0.3, -0.25) is 4.79 Å². The number of aromatic nitrogens is 1. The third kappa shape index (κ3) is 3.67. The average Bonchev–Trinajstić information content (AvgIpc) is 3.40. The van der Waals surface area contributed by atoms with E-state index in [0.717, 1.165) is 35.7 Å². The van der Waals surface area contributed by atoms with Crippen LogP contribution in [0.15, 0.2) is 48.5 Å². The van der Waals surface area contributed by atoms with Crippen molar-refractivity contribution in [3.05, 3.63) is 75.8 Å². The molecule has 0 bridgehead atoms. The number of nitrogens with zero attached hydrogens (tertiary/aromatic N) is 2. The molecule has 2 aliphatic heterocycles. The first-order chi connectivity index (χ1) is 14.6. The Morgan fingerprint density at radius 3 is 2.63 bits per heavy atom.